The summed E-state index contributed by atoms with van der Waals surface area (Å²) in [7, 11) is 0. The van der Waals surface area contributed by atoms with Crippen LogP contribution < -0.4 is 10.9 Å². The number of hydrogen-bond donors (Lipinski definition) is 1. The zero-order valence-corrected chi connectivity index (χ0v) is 13.1. The van der Waals surface area contributed by atoms with E-state index < -0.39 is 0 Å². The molecular weight excluding hydrogens is 354 g/mol. The number of amides is 1. The molecule has 0 aliphatic rings. The van der Waals surface area contributed by atoms with Crippen molar-refractivity contribution in [2.24, 2.45) is 0 Å². The molecule has 0 aliphatic heterocycles. The highest BCUT2D eigenvalue weighted by Gasteiger charge is 2.10. The zero-order chi connectivity index (χ0) is 14.8. The molecule has 1 amide bonds. The fourth-order valence-electron chi connectivity index (χ4n) is 1.91. The topological polar surface area (TPSA) is 64.0 Å². The van der Waals surface area contributed by atoms with E-state index in [1.165, 1.54) is 22.2 Å². The Balaban J connectivity index is 1.82. The highest BCUT2D eigenvalue weighted by molar-refractivity contribution is 9.10. The predicted molar refractivity (Wildman–Crippen MR) is 86.7 cm³/mol. The van der Waals surface area contributed by atoms with Crippen LogP contribution in [0.5, 0.6) is 0 Å². The average Bonchev–Trinajstić information content (AvgIpc) is 2.94. The minimum atomic E-state index is -0.277. The van der Waals surface area contributed by atoms with Gasteiger partial charge < -0.3 is 5.32 Å². The van der Waals surface area contributed by atoms with Crippen molar-refractivity contribution in [2.75, 3.05) is 5.32 Å². The molecule has 0 saturated heterocycles. The minimum Gasteiger partial charge on any atom is -0.324 e. The second-order valence-electron chi connectivity index (χ2n) is 4.35. The molecule has 1 N–H and O–H groups in total. The number of anilines is 1. The number of thiophene rings is 1. The van der Waals surface area contributed by atoms with Gasteiger partial charge in [-0.25, -0.2) is 4.98 Å². The quantitative estimate of drug-likeness (QED) is 0.777. The van der Waals surface area contributed by atoms with E-state index in [2.05, 4.69) is 26.2 Å². The summed E-state index contributed by atoms with van der Waals surface area (Å²) in [4.78, 5) is 29.1. The molecule has 7 heteroatoms. The monoisotopic (exact) mass is 363 g/mol. The molecule has 0 aliphatic carbocycles. The maximum absolute atomic E-state index is 12.2. The smallest absolute Gasteiger partial charge is 0.262 e. The Bertz CT molecular complexity index is 872. The lowest BCUT2D eigenvalue weighted by Crippen LogP contribution is -2.27. The van der Waals surface area contributed by atoms with Gasteiger partial charge in [0.15, 0.2) is 0 Å². The molecule has 0 fully saturated rings. The Kier molecular flexibility index (Phi) is 3.85. The molecule has 3 rings (SSSR count). The number of hydrogen-bond acceptors (Lipinski definition) is 4. The van der Waals surface area contributed by atoms with E-state index in [0.717, 1.165) is 4.47 Å². The van der Waals surface area contributed by atoms with Crippen molar-refractivity contribution in [3.63, 3.8) is 0 Å². The maximum Gasteiger partial charge on any atom is 0.262 e. The van der Waals surface area contributed by atoms with Crippen LogP contribution in [0.3, 0.4) is 0 Å². The molecular formula is C14H10BrN3O2S. The van der Waals surface area contributed by atoms with Gasteiger partial charge in [0.1, 0.15) is 11.4 Å². The molecule has 21 heavy (non-hydrogen) atoms. The number of benzene rings is 1. The van der Waals surface area contributed by atoms with Gasteiger partial charge in [0.2, 0.25) is 5.91 Å². The van der Waals surface area contributed by atoms with E-state index in [1.54, 1.807) is 12.1 Å². The number of aromatic nitrogens is 2. The first-order valence-corrected chi connectivity index (χ1v) is 7.79. The van der Waals surface area contributed by atoms with Crippen molar-refractivity contribution in [2.45, 2.75) is 6.54 Å². The highest BCUT2D eigenvalue weighted by Crippen LogP contribution is 2.21. The summed E-state index contributed by atoms with van der Waals surface area (Å²) in [5.41, 5.74) is 0.462. The first kappa shape index (κ1) is 14.0. The number of fused-ring (bicyclic) bond motifs is 1. The van der Waals surface area contributed by atoms with E-state index in [-0.39, 0.29) is 18.0 Å². The number of halogens is 1. The first-order valence-electron chi connectivity index (χ1n) is 6.12. The SMILES string of the molecule is O=C(Cn1cnc2sccc2c1=O)Nc1ccccc1Br. The summed E-state index contributed by atoms with van der Waals surface area (Å²) in [5, 5.41) is 5.11. The molecule has 3 aromatic rings. The summed E-state index contributed by atoms with van der Waals surface area (Å²) in [5.74, 6) is -0.277. The van der Waals surface area contributed by atoms with Crippen molar-refractivity contribution in [3.8, 4) is 0 Å². The fraction of sp³-hybridized carbons (Fsp3) is 0.0714. The number of nitrogens with zero attached hydrogens (tertiary/aromatic N) is 2. The molecule has 0 spiro atoms. The van der Waals surface area contributed by atoms with Crippen molar-refractivity contribution < 1.29 is 4.79 Å². The Morgan fingerprint density at radius 2 is 2.14 bits per heavy atom. The number of para-hydroxylation sites is 1. The van der Waals surface area contributed by atoms with Crippen LogP contribution in [0.1, 0.15) is 0 Å². The maximum atomic E-state index is 12.2. The summed E-state index contributed by atoms with van der Waals surface area (Å²) in [6.07, 6.45) is 1.40. The van der Waals surface area contributed by atoms with Crippen LogP contribution in [0.15, 0.2) is 51.3 Å². The second-order valence-corrected chi connectivity index (χ2v) is 6.09. The summed E-state index contributed by atoms with van der Waals surface area (Å²) in [6.45, 7) is -0.0705. The van der Waals surface area contributed by atoms with E-state index in [1.807, 2.05) is 23.6 Å². The molecule has 0 unspecified atom stereocenters. The largest absolute Gasteiger partial charge is 0.324 e. The van der Waals surface area contributed by atoms with Crippen LogP contribution in [-0.2, 0) is 11.3 Å². The molecule has 2 aromatic heterocycles. The fourth-order valence-corrected chi connectivity index (χ4v) is 3.02. The number of nitrogens with one attached hydrogen (secondary N) is 1. The van der Waals surface area contributed by atoms with Crippen LogP contribution in [0, 0.1) is 0 Å². The second kappa shape index (κ2) is 5.79. The van der Waals surface area contributed by atoms with Crippen LogP contribution >= 0.6 is 27.3 Å². The van der Waals surface area contributed by atoms with Crippen LogP contribution in [0.2, 0.25) is 0 Å². The molecule has 5 nitrogen and oxygen atoms in total. The standard InChI is InChI=1S/C14H10BrN3O2S/c15-10-3-1-2-4-11(10)17-12(19)7-18-8-16-13-9(14(18)20)5-6-21-13/h1-6,8H,7H2,(H,17,19). The van der Waals surface area contributed by atoms with Gasteiger partial charge in [-0.2, -0.15) is 0 Å². The molecule has 2 heterocycles. The van der Waals surface area contributed by atoms with Crippen molar-refractivity contribution in [1.82, 2.24) is 9.55 Å². The van der Waals surface area contributed by atoms with Crippen LogP contribution in [-0.4, -0.2) is 15.5 Å². The highest BCUT2D eigenvalue weighted by atomic mass is 79.9. The van der Waals surface area contributed by atoms with Crippen LogP contribution in [0.4, 0.5) is 5.69 Å². The Morgan fingerprint density at radius 1 is 1.33 bits per heavy atom. The van der Waals surface area contributed by atoms with Crippen LogP contribution in [0.25, 0.3) is 10.2 Å². The Morgan fingerprint density at radius 3 is 2.95 bits per heavy atom. The van der Waals surface area contributed by atoms with Crippen molar-refractivity contribution in [1.29, 1.82) is 0 Å². The van der Waals surface area contributed by atoms with E-state index >= 15 is 0 Å². The Hall–Kier alpha value is -1.99. The molecule has 106 valence electrons. The molecule has 0 saturated carbocycles. The lowest BCUT2D eigenvalue weighted by molar-refractivity contribution is -0.116. The van der Waals surface area contributed by atoms with Gasteiger partial charge in [0.25, 0.3) is 5.56 Å². The van der Waals surface area contributed by atoms with E-state index in [4.69, 9.17) is 0 Å². The molecule has 0 atom stereocenters. The third kappa shape index (κ3) is 2.88. The average molecular weight is 364 g/mol. The lowest BCUT2D eigenvalue weighted by Gasteiger charge is -2.08. The molecule has 1 aromatic carbocycles. The van der Waals surface area contributed by atoms with E-state index in [9.17, 15) is 9.59 Å². The normalized spacial score (nSPS) is 10.7. The summed E-state index contributed by atoms with van der Waals surface area (Å²) < 4.78 is 2.10. The minimum absolute atomic E-state index is 0.0705. The van der Waals surface area contributed by atoms with Gasteiger partial charge in [-0.05, 0) is 39.5 Å². The van der Waals surface area contributed by atoms with Crippen molar-refractivity contribution >= 4 is 49.1 Å². The zero-order valence-electron chi connectivity index (χ0n) is 10.7. The Labute approximate surface area is 132 Å². The number of carbonyl (C=O) groups excluding carboxylic acids is 1. The number of carbonyl (C=O) groups is 1. The third-order valence-electron chi connectivity index (χ3n) is 2.91. The van der Waals surface area contributed by atoms with Gasteiger partial charge in [-0.1, -0.05) is 12.1 Å². The summed E-state index contributed by atoms with van der Waals surface area (Å²) in [6, 6.07) is 9.02. The third-order valence-corrected chi connectivity index (χ3v) is 4.42. The van der Waals surface area contributed by atoms with Gasteiger partial charge in [0.05, 0.1) is 17.4 Å². The molecule has 0 bridgehead atoms. The van der Waals surface area contributed by atoms with Gasteiger partial charge >= 0.3 is 0 Å². The summed E-state index contributed by atoms with van der Waals surface area (Å²) >= 11 is 4.76. The van der Waals surface area contributed by atoms with E-state index in [0.29, 0.717) is 15.9 Å². The van der Waals surface area contributed by atoms with Crippen molar-refractivity contribution in [3.05, 3.63) is 56.9 Å². The lowest BCUT2D eigenvalue weighted by atomic mass is 10.3. The first-order chi connectivity index (χ1) is 10.1. The molecule has 0 radical (unpaired) electrons. The van der Waals surface area contributed by atoms with Gasteiger partial charge in [0, 0.05) is 4.47 Å². The predicted octanol–water partition coefficient (Wildman–Crippen LogP) is 2.86. The number of rotatable bonds is 3. The van der Waals surface area contributed by atoms with Gasteiger partial charge in [-0.3, -0.25) is 14.2 Å². The van der Waals surface area contributed by atoms with Gasteiger partial charge in [-0.15, -0.1) is 11.3 Å².